The predicted octanol–water partition coefficient (Wildman–Crippen LogP) is 6.31. The van der Waals surface area contributed by atoms with Crippen LogP contribution in [0.5, 0.6) is 5.75 Å². The molecule has 0 saturated carbocycles. The van der Waals surface area contributed by atoms with Gasteiger partial charge in [-0.25, -0.2) is 0 Å². The van der Waals surface area contributed by atoms with Crippen molar-refractivity contribution in [1.82, 2.24) is 4.57 Å². The minimum absolute atomic E-state index is 0.0765. The molecular formula is C24H18BrNO3. The molecule has 29 heavy (non-hydrogen) atoms. The van der Waals surface area contributed by atoms with E-state index in [0.717, 1.165) is 15.9 Å². The molecule has 5 heteroatoms. The number of aromatic nitrogens is 1. The van der Waals surface area contributed by atoms with E-state index < -0.39 is 0 Å². The van der Waals surface area contributed by atoms with Gasteiger partial charge in [0.2, 0.25) is 0 Å². The Morgan fingerprint density at radius 3 is 2.55 bits per heavy atom. The van der Waals surface area contributed by atoms with Gasteiger partial charge < -0.3 is 13.7 Å². The molecule has 0 saturated heterocycles. The summed E-state index contributed by atoms with van der Waals surface area (Å²) in [5, 5.41) is 0. The van der Waals surface area contributed by atoms with Crippen LogP contribution in [-0.4, -0.2) is 10.4 Å². The molecule has 0 N–H and O–H groups in total. The Bertz CT molecular complexity index is 1130. The molecule has 144 valence electrons. The third-order valence-electron chi connectivity index (χ3n) is 4.31. The molecule has 0 aliphatic carbocycles. The lowest BCUT2D eigenvalue weighted by Crippen LogP contribution is -1.96. The number of nitrogens with zero attached hydrogens (tertiary/aromatic N) is 1. The van der Waals surface area contributed by atoms with Crippen molar-refractivity contribution in [3.05, 3.63) is 113 Å². The third-order valence-corrected chi connectivity index (χ3v) is 4.81. The van der Waals surface area contributed by atoms with Crippen molar-refractivity contribution in [3.8, 4) is 11.4 Å². The lowest BCUT2D eigenvalue weighted by atomic mass is 10.1. The van der Waals surface area contributed by atoms with Crippen molar-refractivity contribution in [3.63, 3.8) is 0 Å². The van der Waals surface area contributed by atoms with Gasteiger partial charge in [0.1, 0.15) is 23.9 Å². The van der Waals surface area contributed by atoms with Crippen LogP contribution in [0.15, 0.2) is 100 Å². The number of ether oxygens (including phenoxy) is 1. The number of benzene rings is 2. The topological polar surface area (TPSA) is 44.4 Å². The van der Waals surface area contributed by atoms with E-state index >= 15 is 0 Å². The summed E-state index contributed by atoms with van der Waals surface area (Å²) in [5.41, 5.74) is 1.64. The number of ketones is 1. The normalized spacial score (nSPS) is 11.1. The predicted molar refractivity (Wildman–Crippen MR) is 116 cm³/mol. The summed E-state index contributed by atoms with van der Waals surface area (Å²) in [7, 11) is 0. The molecule has 0 fully saturated rings. The summed E-state index contributed by atoms with van der Waals surface area (Å²) in [6.45, 7) is 0.319. The molecule has 0 aliphatic heterocycles. The van der Waals surface area contributed by atoms with E-state index in [0.29, 0.717) is 23.7 Å². The molecule has 2 aromatic carbocycles. The minimum atomic E-state index is -0.0765. The number of carbonyl (C=O) groups excluding carboxylic acids is 1. The Labute approximate surface area is 177 Å². The number of hydrogen-bond donors (Lipinski definition) is 0. The second kappa shape index (κ2) is 8.80. The van der Waals surface area contributed by atoms with Crippen molar-refractivity contribution in [1.29, 1.82) is 0 Å². The maximum Gasteiger partial charge on any atom is 0.185 e. The second-order valence-electron chi connectivity index (χ2n) is 6.38. The first-order chi connectivity index (χ1) is 14.2. The van der Waals surface area contributed by atoms with Crippen LogP contribution in [0.4, 0.5) is 0 Å². The quantitative estimate of drug-likeness (QED) is 0.246. The van der Waals surface area contributed by atoms with Crippen LogP contribution < -0.4 is 4.74 Å². The van der Waals surface area contributed by atoms with Crippen molar-refractivity contribution < 1.29 is 13.9 Å². The van der Waals surface area contributed by atoms with Gasteiger partial charge in [-0.2, -0.15) is 0 Å². The molecule has 0 spiro atoms. The maximum absolute atomic E-state index is 12.4. The van der Waals surface area contributed by atoms with Crippen LogP contribution in [0.2, 0.25) is 0 Å². The van der Waals surface area contributed by atoms with Crippen molar-refractivity contribution in [2.45, 2.75) is 6.61 Å². The van der Waals surface area contributed by atoms with Crippen LogP contribution in [0.25, 0.3) is 11.8 Å². The highest BCUT2D eigenvalue weighted by atomic mass is 79.9. The number of halogens is 1. The number of allylic oxidation sites excluding steroid dienone is 1. The third kappa shape index (κ3) is 4.95. The highest BCUT2D eigenvalue weighted by Crippen LogP contribution is 2.20. The van der Waals surface area contributed by atoms with Crippen LogP contribution in [-0.2, 0) is 6.61 Å². The van der Waals surface area contributed by atoms with Gasteiger partial charge in [0.05, 0.1) is 0 Å². The summed E-state index contributed by atoms with van der Waals surface area (Å²) >= 11 is 3.41. The van der Waals surface area contributed by atoms with Crippen molar-refractivity contribution in [2.24, 2.45) is 0 Å². The van der Waals surface area contributed by atoms with Gasteiger partial charge in [0.25, 0.3) is 0 Å². The van der Waals surface area contributed by atoms with Crippen LogP contribution >= 0.6 is 15.9 Å². The van der Waals surface area contributed by atoms with Gasteiger partial charge in [-0.3, -0.25) is 4.79 Å². The molecular weight excluding hydrogens is 430 g/mol. The number of hydrogen-bond acceptors (Lipinski definition) is 3. The molecule has 0 radical (unpaired) electrons. The molecule has 2 heterocycles. The van der Waals surface area contributed by atoms with E-state index in [1.54, 1.807) is 6.08 Å². The highest BCUT2D eigenvalue weighted by molar-refractivity contribution is 9.10. The van der Waals surface area contributed by atoms with E-state index in [1.807, 2.05) is 89.8 Å². The zero-order valence-electron chi connectivity index (χ0n) is 15.5. The smallest absolute Gasteiger partial charge is 0.185 e. The van der Waals surface area contributed by atoms with Crippen LogP contribution in [0, 0.1) is 0 Å². The highest BCUT2D eigenvalue weighted by Gasteiger charge is 2.05. The first-order valence-electron chi connectivity index (χ1n) is 9.10. The van der Waals surface area contributed by atoms with Gasteiger partial charge >= 0.3 is 0 Å². The Morgan fingerprint density at radius 2 is 1.79 bits per heavy atom. The number of rotatable bonds is 7. The zero-order chi connectivity index (χ0) is 20.1. The Morgan fingerprint density at radius 1 is 1.00 bits per heavy atom. The van der Waals surface area contributed by atoms with Crippen molar-refractivity contribution >= 4 is 27.8 Å². The van der Waals surface area contributed by atoms with Gasteiger partial charge in [0.15, 0.2) is 5.78 Å². The molecule has 2 aromatic heterocycles. The minimum Gasteiger partial charge on any atom is -0.486 e. The fourth-order valence-corrected chi connectivity index (χ4v) is 3.21. The molecule has 4 rings (SSSR count). The molecule has 4 aromatic rings. The standard InChI is InChI=1S/C24H18BrNO3/c25-19-4-3-5-22(16-19)28-17-23-11-10-21(29-23)12-13-24(27)18-6-8-20(9-7-18)26-14-1-2-15-26/h1-16H,17H2/b13-12+. The van der Waals surface area contributed by atoms with Gasteiger partial charge in [-0.1, -0.05) is 22.0 Å². The summed E-state index contributed by atoms with van der Waals surface area (Å²) < 4.78 is 14.4. The Kier molecular flexibility index (Phi) is 5.77. The van der Waals surface area contributed by atoms with Gasteiger partial charge in [0, 0.05) is 28.1 Å². The Balaban J connectivity index is 1.36. The van der Waals surface area contributed by atoms with Crippen molar-refractivity contribution in [2.75, 3.05) is 0 Å². The SMILES string of the molecule is O=C(/C=C/c1ccc(COc2cccc(Br)c2)o1)c1ccc(-n2cccc2)cc1. The first kappa shape index (κ1) is 19.0. The lowest BCUT2D eigenvalue weighted by Gasteiger charge is -2.04. The summed E-state index contributed by atoms with van der Waals surface area (Å²) in [4.78, 5) is 12.4. The number of carbonyl (C=O) groups is 1. The summed E-state index contributed by atoms with van der Waals surface area (Å²) in [5.74, 6) is 1.97. The van der Waals surface area contributed by atoms with E-state index in [9.17, 15) is 4.79 Å². The van der Waals surface area contributed by atoms with E-state index in [4.69, 9.17) is 9.15 Å². The molecule has 0 amide bonds. The first-order valence-corrected chi connectivity index (χ1v) is 9.89. The largest absolute Gasteiger partial charge is 0.486 e. The molecule has 0 atom stereocenters. The van der Waals surface area contributed by atoms with E-state index in [-0.39, 0.29) is 5.78 Å². The molecule has 0 bridgehead atoms. The average molecular weight is 448 g/mol. The van der Waals surface area contributed by atoms with Gasteiger partial charge in [-0.05, 0) is 78.9 Å². The zero-order valence-corrected chi connectivity index (χ0v) is 17.1. The molecule has 0 aliphatic rings. The van der Waals surface area contributed by atoms with E-state index in [1.165, 1.54) is 6.08 Å². The maximum atomic E-state index is 12.4. The second-order valence-corrected chi connectivity index (χ2v) is 7.30. The summed E-state index contributed by atoms with van der Waals surface area (Å²) in [6.07, 6.45) is 7.12. The molecule has 0 unspecified atom stereocenters. The summed E-state index contributed by atoms with van der Waals surface area (Å²) in [6, 6.07) is 22.7. The molecule has 4 nitrogen and oxygen atoms in total. The average Bonchev–Trinajstić information content (AvgIpc) is 3.43. The monoisotopic (exact) mass is 447 g/mol. The van der Waals surface area contributed by atoms with E-state index in [2.05, 4.69) is 15.9 Å². The fraction of sp³-hybridized carbons (Fsp3) is 0.0417. The van der Waals surface area contributed by atoms with Crippen LogP contribution in [0.3, 0.4) is 0 Å². The fourth-order valence-electron chi connectivity index (χ4n) is 2.83. The lowest BCUT2D eigenvalue weighted by molar-refractivity contribution is 0.104. The Hall–Kier alpha value is -3.31. The number of furan rings is 1. The van der Waals surface area contributed by atoms with Crippen LogP contribution in [0.1, 0.15) is 21.9 Å². The van der Waals surface area contributed by atoms with Gasteiger partial charge in [-0.15, -0.1) is 0 Å².